The molecule has 0 bridgehead atoms. The third kappa shape index (κ3) is 2.17. The normalized spacial score (nSPS) is 12.3. The first kappa shape index (κ1) is 16.4. The van der Waals surface area contributed by atoms with Gasteiger partial charge in [0.05, 0.1) is 0 Å². The van der Waals surface area contributed by atoms with Crippen LogP contribution in [0.15, 0.2) is 29.0 Å². The molecule has 0 aliphatic carbocycles. The van der Waals surface area contributed by atoms with E-state index in [0.717, 1.165) is 0 Å². The lowest BCUT2D eigenvalue weighted by Crippen LogP contribution is -2.33. The molecule has 0 spiro atoms. The summed E-state index contributed by atoms with van der Waals surface area (Å²) < 4.78 is 27.0. The number of aromatic nitrogens is 5. The van der Waals surface area contributed by atoms with Gasteiger partial charge in [0.15, 0.2) is 11.5 Å². The van der Waals surface area contributed by atoms with Gasteiger partial charge in [0.2, 0.25) is 11.5 Å². The minimum atomic E-state index is -0.736. The van der Waals surface area contributed by atoms with Crippen molar-refractivity contribution < 1.29 is 18.4 Å². The van der Waals surface area contributed by atoms with Crippen LogP contribution < -0.4 is 4.73 Å². The topological polar surface area (TPSA) is 92.4 Å². The van der Waals surface area contributed by atoms with Crippen LogP contribution in [0.25, 0.3) is 28.1 Å². The summed E-state index contributed by atoms with van der Waals surface area (Å²) in [6, 6.07) is 4.44. The van der Waals surface area contributed by atoms with Crippen LogP contribution >= 0.6 is 0 Å². The van der Waals surface area contributed by atoms with Gasteiger partial charge in [-0.2, -0.15) is 14.1 Å². The fraction of sp³-hybridized carbons (Fsp3) is 0.294. The largest absolute Gasteiger partial charge is 0.618 e. The Morgan fingerprint density at radius 1 is 1.35 bits per heavy atom. The maximum atomic E-state index is 14.1. The average Bonchev–Trinajstić information content (AvgIpc) is 3.26. The maximum Gasteiger partial charge on any atom is 0.279 e. The molecule has 3 aromatic heterocycles. The lowest BCUT2D eigenvalue weighted by Gasteiger charge is -2.17. The van der Waals surface area contributed by atoms with Crippen LogP contribution in [-0.4, -0.2) is 26.6 Å². The lowest BCUT2D eigenvalue weighted by molar-refractivity contribution is -0.584. The van der Waals surface area contributed by atoms with Gasteiger partial charge in [0.1, 0.15) is 23.0 Å². The van der Waals surface area contributed by atoms with Crippen molar-refractivity contribution in [1.29, 1.82) is 0 Å². The Hall–Kier alpha value is -3.07. The summed E-state index contributed by atoms with van der Waals surface area (Å²) in [4.78, 5) is 8.67. The van der Waals surface area contributed by atoms with E-state index in [4.69, 9.17) is 9.26 Å². The van der Waals surface area contributed by atoms with Gasteiger partial charge in [0, 0.05) is 14.0 Å². The molecule has 1 aromatic carbocycles. The minimum Gasteiger partial charge on any atom is -0.618 e. The molecule has 4 rings (SSSR count). The van der Waals surface area contributed by atoms with Crippen molar-refractivity contribution in [2.75, 3.05) is 7.11 Å². The number of imidazole rings is 1. The van der Waals surface area contributed by atoms with Gasteiger partial charge in [0.25, 0.3) is 11.4 Å². The van der Waals surface area contributed by atoms with Crippen LogP contribution in [0.2, 0.25) is 0 Å². The van der Waals surface area contributed by atoms with E-state index in [-0.39, 0.29) is 17.1 Å². The number of rotatable bonds is 3. The zero-order valence-corrected chi connectivity index (χ0v) is 14.6. The zero-order chi connectivity index (χ0) is 18.6. The van der Waals surface area contributed by atoms with Crippen LogP contribution in [0, 0.1) is 17.9 Å². The summed E-state index contributed by atoms with van der Waals surface area (Å²) in [5.41, 5.74) is 0.721. The van der Waals surface area contributed by atoms with Crippen LogP contribution in [0.3, 0.4) is 0 Å². The van der Waals surface area contributed by atoms with Crippen LogP contribution in [-0.2, 0) is 10.3 Å². The molecule has 0 fully saturated rings. The van der Waals surface area contributed by atoms with Gasteiger partial charge in [-0.1, -0.05) is 11.2 Å². The summed E-state index contributed by atoms with van der Waals surface area (Å²) in [5.74, 6) is -0.0817. The molecule has 4 aromatic rings. The number of para-hydroxylation sites is 1. The summed E-state index contributed by atoms with van der Waals surface area (Å²) in [5, 5.41) is 16.5. The number of halogens is 1. The van der Waals surface area contributed by atoms with Crippen molar-refractivity contribution in [2.24, 2.45) is 0 Å². The van der Waals surface area contributed by atoms with E-state index in [1.54, 1.807) is 38.3 Å². The fourth-order valence-corrected chi connectivity index (χ4v) is 2.85. The van der Waals surface area contributed by atoms with E-state index < -0.39 is 11.4 Å². The maximum absolute atomic E-state index is 14.1. The highest BCUT2D eigenvalue weighted by Gasteiger charge is 2.29. The molecule has 0 amide bonds. The first-order valence-corrected chi connectivity index (χ1v) is 7.92. The average molecular weight is 357 g/mol. The van der Waals surface area contributed by atoms with Crippen molar-refractivity contribution in [2.45, 2.75) is 26.4 Å². The number of aryl methyl sites for hydroxylation is 1. The molecule has 0 aliphatic rings. The number of nitrogens with zero attached hydrogens (tertiary/aromatic N) is 5. The van der Waals surface area contributed by atoms with Gasteiger partial charge >= 0.3 is 0 Å². The van der Waals surface area contributed by atoms with Crippen molar-refractivity contribution in [3.8, 4) is 11.6 Å². The van der Waals surface area contributed by atoms with Crippen LogP contribution in [0.5, 0.6) is 0 Å². The van der Waals surface area contributed by atoms with Gasteiger partial charge in [-0.3, -0.25) is 4.40 Å². The number of methoxy groups -OCH3 is 1. The van der Waals surface area contributed by atoms with E-state index in [2.05, 4.69) is 15.1 Å². The summed E-state index contributed by atoms with van der Waals surface area (Å²) in [7, 11) is 1.55. The van der Waals surface area contributed by atoms with Gasteiger partial charge in [-0.05, 0) is 26.0 Å². The molecule has 9 heteroatoms. The van der Waals surface area contributed by atoms with Crippen LogP contribution in [0.4, 0.5) is 4.39 Å². The Labute approximate surface area is 147 Å². The predicted molar refractivity (Wildman–Crippen MR) is 89.7 cm³/mol. The first-order valence-electron chi connectivity index (χ1n) is 7.92. The minimum absolute atomic E-state index is 0.0480. The SMILES string of the molecule is COC(C)(C)c1noc(-c2ncn3c2c(C)[n+]([O-])c2c(F)cccc23)n1. The third-order valence-corrected chi connectivity index (χ3v) is 4.52. The third-order valence-electron chi connectivity index (χ3n) is 4.52. The Bertz CT molecular complexity index is 1150. The quantitative estimate of drug-likeness (QED) is 0.413. The molecule has 0 aliphatic heterocycles. The monoisotopic (exact) mass is 357 g/mol. The predicted octanol–water partition coefficient (Wildman–Crippen LogP) is 2.50. The Balaban J connectivity index is 2.01. The van der Waals surface area contributed by atoms with Gasteiger partial charge in [-0.15, -0.1) is 0 Å². The molecule has 0 saturated carbocycles. The summed E-state index contributed by atoms with van der Waals surface area (Å²) >= 11 is 0. The second-order valence-electron chi connectivity index (χ2n) is 6.44. The highest BCUT2D eigenvalue weighted by Crippen LogP contribution is 2.29. The molecule has 0 unspecified atom stereocenters. The molecule has 0 saturated heterocycles. The zero-order valence-electron chi connectivity index (χ0n) is 14.6. The summed E-state index contributed by atoms with van der Waals surface area (Å²) in [6.45, 7) is 5.20. The highest BCUT2D eigenvalue weighted by atomic mass is 19.1. The second-order valence-corrected chi connectivity index (χ2v) is 6.44. The standard InChI is InChI=1S/C17H16FN5O3/c1-9-13-12(15-20-16(21-26-15)17(2,3)25-4)19-8-22(13)11-7-5-6-10(18)14(11)23(9)24/h5-8H,1-4H3. The highest BCUT2D eigenvalue weighted by molar-refractivity contribution is 5.82. The van der Waals surface area contributed by atoms with E-state index in [1.807, 2.05) is 0 Å². The Morgan fingerprint density at radius 3 is 2.85 bits per heavy atom. The van der Waals surface area contributed by atoms with Gasteiger partial charge in [-0.25, -0.2) is 4.98 Å². The molecular weight excluding hydrogens is 341 g/mol. The van der Waals surface area contributed by atoms with Crippen molar-refractivity contribution in [3.63, 3.8) is 0 Å². The number of fused-ring (bicyclic) bond motifs is 3. The van der Waals surface area contributed by atoms with Gasteiger partial charge < -0.3 is 14.5 Å². The Kier molecular flexibility index (Phi) is 3.45. The Morgan fingerprint density at radius 2 is 2.12 bits per heavy atom. The second kappa shape index (κ2) is 5.46. The van der Waals surface area contributed by atoms with E-state index in [9.17, 15) is 9.60 Å². The first-order chi connectivity index (χ1) is 12.3. The molecule has 0 N–H and O–H groups in total. The molecule has 134 valence electrons. The molecule has 0 radical (unpaired) electrons. The molecule has 3 heterocycles. The van der Waals surface area contributed by atoms with E-state index >= 15 is 0 Å². The van der Waals surface area contributed by atoms with E-state index in [1.165, 1.54) is 18.5 Å². The number of hydrogen-bond acceptors (Lipinski definition) is 6. The number of benzene rings is 1. The fourth-order valence-electron chi connectivity index (χ4n) is 2.85. The molecule has 0 atom stereocenters. The number of hydrogen-bond donors (Lipinski definition) is 0. The molecule has 8 nitrogen and oxygen atoms in total. The number of ether oxygens (including phenoxy) is 1. The summed E-state index contributed by atoms with van der Waals surface area (Å²) in [6.07, 6.45) is 1.50. The van der Waals surface area contributed by atoms with E-state index in [0.29, 0.717) is 27.3 Å². The lowest BCUT2D eigenvalue weighted by atomic mass is 10.1. The van der Waals surface area contributed by atoms with Crippen molar-refractivity contribution >= 4 is 16.6 Å². The smallest absolute Gasteiger partial charge is 0.279 e. The molecule has 26 heavy (non-hydrogen) atoms. The van der Waals surface area contributed by atoms with Crippen LogP contribution in [0.1, 0.15) is 25.4 Å². The van der Waals surface area contributed by atoms with Crippen molar-refractivity contribution in [1.82, 2.24) is 19.5 Å². The van der Waals surface area contributed by atoms with Crippen molar-refractivity contribution in [3.05, 3.63) is 47.1 Å². The molecular formula is C17H16FN5O3.